The fourth-order valence-corrected chi connectivity index (χ4v) is 3.52. The number of rotatable bonds is 7. The van der Waals surface area contributed by atoms with Crippen LogP contribution in [0.4, 0.5) is 5.69 Å². The van der Waals surface area contributed by atoms with E-state index in [0.717, 1.165) is 23.8 Å². The molecule has 0 spiro atoms. The Balaban J connectivity index is 1.65. The zero-order valence-corrected chi connectivity index (χ0v) is 15.5. The van der Waals surface area contributed by atoms with Gasteiger partial charge in [-0.1, -0.05) is 25.6 Å². The lowest BCUT2D eigenvalue weighted by Gasteiger charge is -2.10. The first-order valence-electron chi connectivity index (χ1n) is 8.44. The molecule has 0 saturated heterocycles. The van der Waals surface area contributed by atoms with E-state index in [1.54, 1.807) is 24.3 Å². The summed E-state index contributed by atoms with van der Waals surface area (Å²) < 4.78 is 2.20. The molecule has 3 rings (SSSR count). The third kappa shape index (κ3) is 4.28. The Hall–Kier alpha value is -2.15. The van der Waals surface area contributed by atoms with E-state index >= 15 is 0 Å². The van der Waals surface area contributed by atoms with E-state index in [2.05, 4.69) is 33.9 Å². The average molecular weight is 358 g/mol. The molecule has 0 atom stereocenters. The lowest BCUT2D eigenvalue weighted by Crippen LogP contribution is -2.08. The first kappa shape index (κ1) is 17.7. The van der Waals surface area contributed by atoms with Gasteiger partial charge in [0, 0.05) is 30.1 Å². The fourth-order valence-electron chi connectivity index (χ4n) is 2.61. The Kier molecular flexibility index (Phi) is 5.22. The van der Waals surface area contributed by atoms with Crippen molar-refractivity contribution in [3.8, 4) is 0 Å². The number of hydrogen-bond acceptors (Lipinski definition) is 5. The number of carbonyl (C=O) groups excluding carboxylic acids is 2. The highest BCUT2D eigenvalue weighted by atomic mass is 32.2. The standard InChI is InChI=1S/C18H22N4O2S/c1-11(2)17-20-21-18(22(17)15-8-9-15)25-10-16(24)13-4-6-14(7-5-13)19-12(3)23/h4-7,11,15H,8-10H2,1-3H3,(H,19,23). The van der Waals surface area contributed by atoms with Crippen molar-refractivity contribution in [1.82, 2.24) is 14.8 Å². The summed E-state index contributed by atoms with van der Waals surface area (Å²) in [4.78, 5) is 23.5. The number of anilines is 1. The Bertz CT molecular complexity index is 779. The van der Waals surface area contributed by atoms with Crippen LogP contribution < -0.4 is 5.32 Å². The van der Waals surface area contributed by atoms with Crippen molar-refractivity contribution < 1.29 is 9.59 Å². The molecule has 7 heteroatoms. The lowest BCUT2D eigenvalue weighted by molar-refractivity contribution is -0.114. The molecule has 1 saturated carbocycles. The van der Waals surface area contributed by atoms with E-state index in [1.807, 2.05) is 0 Å². The van der Waals surface area contributed by atoms with E-state index in [-0.39, 0.29) is 11.7 Å². The largest absolute Gasteiger partial charge is 0.326 e. The van der Waals surface area contributed by atoms with Crippen molar-refractivity contribution >= 4 is 29.1 Å². The maximum atomic E-state index is 12.4. The molecule has 1 N–H and O–H groups in total. The Morgan fingerprint density at radius 3 is 2.48 bits per heavy atom. The molecular weight excluding hydrogens is 336 g/mol. The van der Waals surface area contributed by atoms with Crippen LogP contribution in [0.3, 0.4) is 0 Å². The predicted octanol–water partition coefficient (Wildman–Crippen LogP) is 3.67. The van der Waals surface area contributed by atoms with Gasteiger partial charge in [0.1, 0.15) is 5.82 Å². The third-order valence-electron chi connectivity index (χ3n) is 3.98. The zero-order valence-electron chi connectivity index (χ0n) is 14.7. The summed E-state index contributed by atoms with van der Waals surface area (Å²) in [5, 5.41) is 12.1. The molecule has 25 heavy (non-hydrogen) atoms. The molecule has 1 heterocycles. The van der Waals surface area contributed by atoms with Crippen LogP contribution in [0.25, 0.3) is 0 Å². The number of nitrogens with zero attached hydrogens (tertiary/aromatic N) is 3. The van der Waals surface area contributed by atoms with Gasteiger partial charge >= 0.3 is 0 Å². The third-order valence-corrected chi connectivity index (χ3v) is 4.92. The van der Waals surface area contributed by atoms with Crippen LogP contribution >= 0.6 is 11.8 Å². The normalized spacial score (nSPS) is 13.9. The fraction of sp³-hybridized carbons (Fsp3) is 0.444. The quantitative estimate of drug-likeness (QED) is 0.604. The molecule has 0 aliphatic heterocycles. The second-order valence-electron chi connectivity index (χ2n) is 6.57. The maximum Gasteiger partial charge on any atom is 0.221 e. The van der Waals surface area contributed by atoms with Crippen molar-refractivity contribution in [2.45, 2.75) is 50.7 Å². The van der Waals surface area contributed by atoms with Crippen molar-refractivity contribution in [3.63, 3.8) is 0 Å². The molecule has 1 aliphatic rings. The molecule has 6 nitrogen and oxygen atoms in total. The number of benzene rings is 1. The monoisotopic (exact) mass is 358 g/mol. The molecule has 2 aromatic rings. The summed E-state index contributed by atoms with van der Waals surface area (Å²) in [5.74, 6) is 1.55. The molecule has 1 aromatic heterocycles. The van der Waals surface area contributed by atoms with Gasteiger partial charge in [-0.25, -0.2) is 0 Å². The van der Waals surface area contributed by atoms with E-state index < -0.39 is 0 Å². The van der Waals surface area contributed by atoms with Crippen molar-refractivity contribution in [1.29, 1.82) is 0 Å². The summed E-state index contributed by atoms with van der Waals surface area (Å²) in [6, 6.07) is 7.44. The molecule has 0 radical (unpaired) electrons. The first-order valence-corrected chi connectivity index (χ1v) is 9.42. The van der Waals surface area contributed by atoms with Crippen LogP contribution in [0.15, 0.2) is 29.4 Å². The van der Waals surface area contributed by atoms with E-state index in [4.69, 9.17) is 0 Å². The van der Waals surface area contributed by atoms with Gasteiger partial charge in [-0.05, 0) is 37.1 Å². The van der Waals surface area contributed by atoms with Crippen LogP contribution in [0.1, 0.15) is 61.8 Å². The molecule has 1 amide bonds. The number of amides is 1. The van der Waals surface area contributed by atoms with Crippen LogP contribution in [-0.4, -0.2) is 32.2 Å². The second kappa shape index (κ2) is 7.39. The number of thioether (sulfide) groups is 1. The minimum atomic E-state index is -0.130. The molecule has 0 bridgehead atoms. The Morgan fingerprint density at radius 2 is 1.92 bits per heavy atom. The molecule has 1 aliphatic carbocycles. The van der Waals surface area contributed by atoms with E-state index in [9.17, 15) is 9.59 Å². The van der Waals surface area contributed by atoms with E-state index in [0.29, 0.717) is 29.0 Å². The summed E-state index contributed by atoms with van der Waals surface area (Å²) >= 11 is 1.44. The summed E-state index contributed by atoms with van der Waals surface area (Å²) in [7, 11) is 0. The molecule has 1 aromatic carbocycles. The van der Waals surface area contributed by atoms with Gasteiger partial charge in [-0.3, -0.25) is 9.59 Å². The Labute approximate surface area is 151 Å². The highest BCUT2D eigenvalue weighted by molar-refractivity contribution is 7.99. The zero-order chi connectivity index (χ0) is 18.0. The highest BCUT2D eigenvalue weighted by Crippen LogP contribution is 2.40. The Morgan fingerprint density at radius 1 is 1.24 bits per heavy atom. The number of nitrogens with one attached hydrogen (secondary N) is 1. The van der Waals surface area contributed by atoms with Crippen LogP contribution in [0, 0.1) is 0 Å². The predicted molar refractivity (Wildman–Crippen MR) is 98.2 cm³/mol. The number of hydrogen-bond donors (Lipinski definition) is 1. The van der Waals surface area contributed by atoms with Crippen LogP contribution in [0.5, 0.6) is 0 Å². The van der Waals surface area contributed by atoms with Gasteiger partial charge < -0.3 is 9.88 Å². The van der Waals surface area contributed by atoms with Gasteiger partial charge in [0.15, 0.2) is 10.9 Å². The van der Waals surface area contributed by atoms with Crippen LogP contribution in [0.2, 0.25) is 0 Å². The SMILES string of the molecule is CC(=O)Nc1ccc(C(=O)CSc2nnc(C(C)C)n2C2CC2)cc1. The van der Waals surface area contributed by atoms with Crippen molar-refractivity contribution in [2.24, 2.45) is 0 Å². The lowest BCUT2D eigenvalue weighted by atomic mass is 10.1. The summed E-state index contributed by atoms with van der Waals surface area (Å²) in [6.45, 7) is 5.68. The minimum absolute atomic E-state index is 0.0378. The van der Waals surface area contributed by atoms with E-state index in [1.165, 1.54) is 18.7 Å². The maximum absolute atomic E-state index is 12.4. The second-order valence-corrected chi connectivity index (χ2v) is 7.51. The highest BCUT2D eigenvalue weighted by Gasteiger charge is 2.30. The smallest absolute Gasteiger partial charge is 0.221 e. The van der Waals surface area contributed by atoms with Crippen molar-refractivity contribution in [2.75, 3.05) is 11.1 Å². The molecule has 132 valence electrons. The molecular formula is C18H22N4O2S. The van der Waals surface area contributed by atoms with Crippen LogP contribution in [-0.2, 0) is 4.79 Å². The topological polar surface area (TPSA) is 76.9 Å². The average Bonchev–Trinajstić information content (AvgIpc) is 3.31. The van der Waals surface area contributed by atoms with Gasteiger partial charge in [-0.15, -0.1) is 10.2 Å². The number of ketones is 1. The van der Waals surface area contributed by atoms with Gasteiger partial charge in [0.25, 0.3) is 0 Å². The molecule has 1 fully saturated rings. The van der Waals surface area contributed by atoms with Crippen molar-refractivity contribution in [3.05, 3.63) is 35.7 Å². The number of carbonyl (C=O) groups is 2. The number of aromatic nitrogens is 3. The first-order chi connectivity index (χ1) is 12.0. The molecule has 0 unspecified atom stereocenters. The van der Waals surface area contributed by atoms with Gasteiger partial charge in [0.05, 0.1) is 5.75 Å². The van der Waals surface area contributed by atoms with Gasteiger partial charge in [0.2, 0.25) is 5.91 Å². The minimum Gasteiger partial charge on any atom is -0.326 e. The number of Topliss-reactive ketones (excluding diaryl/α,β-unsaturated/α-hetero) is 1. The summed E-state index contributed by atoms with van der Waals surface area (Å²) in [5.41, 5.74) is 1.31. The van der Waals surface area contributed by atoms with Gasteiger partial charge in [-0.2, -0.15) is 0 Å². The summed E-state index contributed by atoms with van der Waals surface area (Å²) in [6.07, 6.45) is 2.31.